The Labute approximate surface area is 152 Å². The van der Waals surface area contributed by atoms with Crippen LogP contribution in [0.5, 0.6) is 0 Å². The Bertz CT molecular complexity index is 1110. The third kappa shape index (κ3) is 2.26. The minimum Gasteiger partial charge on any atom is -0.346 e. The summed E-state index contributed by atoms with van der Waals surface area (Å²) >= 11 is 0. The number of hydrogen-bond donors (Lipinski definition) is 1. The average molecular weight is 345 g/mol. The number of nitrogens with one attached hydrogen (secondary N) is 1. The topological polar surface area (TPSA) is 59.4 Å². The average Bonchev–Trinajstić information content (AvgIpc) is 3.12. The quantitative estimate of drug-likeness (QED) is 0.560. The molecule has 1 fully saturated rings. The van der Waals surface area contributed by atoms with E-state index in [2.05, 4.69) is 51.6 Å². The van der Waals surface area contributed by atoms with Crippen molar-refractivity contribution >= 4 is 22.2 Å². The molecule has 0 amide bonds. The summed E-state index contributed by atoms with van der Waals surface area (Å²) in [4.78, 5) is 17.4. The standard InChI is InChI=1S/C21H23N5/c1-12(2)26-13(3)24-21-19(26)9-15(10-22-21)17-11-23-20-16(17)7-8-18(25-20)14-5-4-6-14/h7-12,14H,4-6H2,1-3H3,(H,23,25). The lowest BCUT2D eigenvalue weighted by Crippen LogP contribution is -2.10. The summed E-state index contributed by atoms with van der Waals surface area (Å²) < 4.78 is 2.24. The third-order valence-electron chi connectivity index (χ3n) is 5.63. The van der Waals surface area contributed by atoms with Crippen LogP contribution in [0.1, 0.15) is 56.6 Å². The molecule has 5 heteroatoms. The predicted molar refractivity (Wildman–Crippen MR) is 104 cm³/mol. The van der Waals surface area contributed by atoms with Crippen LogP contribution >= 0.6 is 0 Å². The lowest BCUT2D eigenvalue weighted by atomic mass is 9.82. The van der Waals surface area contributed by atoms with Gasteiger partial charge in [-0.25, -0.2) is 15.0 Å². The number of aryl methyl sites for hydroxylation is 1. The van der Waals surface area contributed by atoms with E-state index in [4.69, 9.17) is 4.98 Å². The molecule has 0 aromatic carbocycles. The molecule has 4 heterocycles. The highest BCUT2D eigenvalue weighted by atomic mass is 15.1. The van der Waals surface area contributed by atoms with Gasteiger partial charge in [-0.15, -0.1) is 0 Å². The van der Waals surface area contributed by atoms with E-state index in [1.165, 1.54) is 25.0 Å². The van der Waals surface area contributed by atoms with Crippen LogP contribution in [-0.2, 0) is 0 Å². The first kappa shape index (κ1) is 15.6. The van der Waals surface area contributed by atoms with Crippen LogP contribution in [0.4, 0.5) is 0 Å². The first-order valence-corrected chi connectivity index (χ1v) is 9.45. The smallest absolute Gasteiger partial charge is 0.177 e. The molecular formula is C21H23N5. The zero-order chi connectivity index (χ0) is 17.8. The van der Waals surface area contributed by atoms with Gasteiger partial charge in [-0.2, -0.15) is 0 Å². The Morgan fingerprint density at radius 2 is 2.04 bits per heavy atom. The molecule has 1 N–H and O–H groups in total. The molecule has 132 valence electrons. The van der Waals surface area contributed by atoms with Crippen LogP contribution in [-0.4, -0.2) is 24.5 Å². The Hall–Kier alpha value is -2.69. The molecule has 0 spiro atoms. The van der Waals surface area contributed by atoms with Gasteiger partial charge >= 0.3 is 0 Å². The number of pyridine rings is 2. The fourth-order valence-electron chi connectivity index (χ4n) is 4.08. The molecule has 0 unspecified atom stereocenters. The van der Waals surface area contributed by atoms with E-state index in [1.54, 1.807) is 0 Å². The van der Waals surface area contributed by atoms with E-state index < -0.39 is 0 Å². The lowest BCUT2D eigenvalue weighted by molar-refractivity contribution is 0.412. The molecule has 5 rings (SSSR count). The fraction of sp³-hybridized carbons (Fsp3) is 0.381. The summed E-state index contributed by atoms with van der Waals surface area (Å²) in [6, 6.07) is 6.95. The highest BCUT2D eigenvalue weighted by molar-refractivity contribution is 5.95. The lowest BCUT2D eigenvalue weighted by Gasteiger charge is -2.24. The third-order valence-corrected chi connectivity index (χ3v) is 5.63. The molecule has 0 saturated heterocycles. The number of imidazole rings is 1. The molecule has 1 aliphatic rings. The van der Waals surface area contributed by atoms with E-state index in [0.29, 0.717) is 12.0 Å². The molecule has 0 atom stereocenters. The van der Waals surface area contributed by atoms with Crippen molar-refractivity contribution in [2.75, 3.05) is 0 Å². The van der Waals surface area contributed by atoms with Gasteiger partial charge in [0.1, 0.15) is 11.5 Å². The SMILES string of the molecule is Cc1nc2ncc(-c3c[nH]c4nc(C5CCC5)ccc34)cc2n1C(C)C. The predicted octanol–water partition coefficient (Wildman–Crippen LogP) is 5.13. The van der Waals surface area contributed by atoms with E-state index in [9.17, 15) is 0 Å². The number of rotatable bonds is 3. The Kier molecular flexibility index (Phi) is 3.39. The van der Waals surface area contributed by atoms with Gasteiger partial charge < -0.3 is 9.55 Å². The number of nitrogens with zero attached hydrogens (tertiary/aromatic N) is 4. The molecule has 1 aliphatic carbocycles. The summed E-state index contributed by atoms with van der Waals surface area (Å²) in [5, 5.41) is 1.15. The molecule has 5 nitrogen and oxygen atoms in total. The van der Waals surface area contributed by atoms with Crippen LogP contribution in [0.2, 0.25) is 0 Å². The number of aromatic amines is 1. The van der Waals surface area contributed by atoms with E-state index in [1.807, 2.05) is 19.3 Å². The highest BCUT2D eigenvalue weighted by Crippen LogP contribution is 2.37. The van der Waals surface area contributed by atoms with E-state index in [-0.39, 0.29) is 0 Å². The maximum absolute atomic E-state index is 4.86. The highest BCUT2D eigenvalue weighted by Gasteiger charge is 2.21. The summed E-state index contributed by atoms with van der Waals surface area (Å²) in [5.41, 5.74) is 6.34. The first-order valence-electron chi connectivity index (χ1n) is 9.45. The number of fused-ring (bicyclic) bond motifs is 2. The van der Waals surface area contributed by atoms with Crippen LogP contribution in [0, 0.1) is 6.92 Å². The monoisotopic (exact) mass is 345 g/mol. The second-order valence-electron chi connectivity index (χ2n) is 7.65. The van der Waals surface area contributed by atoms with E-state index in [0.717, 1.165) is 39.1 Å². The van der Waals surface area contributed by atoms with Crippen molar-refractivity contribution < 1.29 is 0 Å². The van der Waals surface area contributed by atoms with Crippen LogP contribution < -0.4 is 0 Å². The van der Waals surface area contributed by atoms with Gasteiger partial charge in [0.05, 0.1) is 5.52 Å². The zero-order valence-electron chi connectivity index (χ0n) is 15.5. The second-order valence-corrected chi connectivity index (χ2v) is 7.65. The summed E-state index contributed by atoms with van der Waals surface area (Å²) in [6.45, 7) is 6.40. The van der Waals surface area contributed by atoms with Crippen molar-refractivity contribution in [3.8, 4) is 11.1 Å². The molecule has 4 aromatic rings. The Morgan fingerprint density at radius 3 is 2.77 bits per heavy atom. The second kappa shape index (κ2) is 5.66. The maximum Gasteiger partial charge on any atom is 0.177 e. The van der Waals surface area contributed by atoms with Crippen LogP contribution in [0.15, 0.2) is 30.6 Å². The van der Waals surface area contributed by atoms with Crippen molar-refractivity contribution in [1.82, 2.24) is 24.5 Å². The Morgan fingerprint density at radius 1 is 1.19 bits per heavy atom. The number of hydrogen-bond acceptors (Lipinski definition) is 3. The minimum atomic E-state index is 0.353. The largest absolute Gasteiger partial charge is 0.346 e. The van der Waals surface area contributed by atoms with Gasteiger partial charge in [-0.1, -0.05) is 6.42 Å². The van der Waals surface area contributed by atoms with Gasteiger partial charge in [0.25, 0.3) is 0 Å². The van der Waals surface area contributed by atoms with E-state index >= 15 is 0 Å². The molecule has 4 aromatic heterocycles. The molecule has 26 heavy (non-hydrogen) atoms. The van der Waals surface area contributed by atoms with Crippen LogP contribution in [0.25, 0.3) is 33.3 Å². The van der Waals surface area contributed by atoms with Crippen molar-refractivity contribution in [3.63, 3.8) is 0 Å². The molecule has 0 radical (unpaired) electrons. The summed E-state index contributed by atoms with van der Waals surface area (Å²) in [5.74, 6) is 1.65. The van der Waals surface area contributed by atoms with Gasteiger partial charge in [-0.3, -0.25) is 0 Å². The normalized spacial score (nSPS) is 15.2. The van der Waals surface area contributed by atoms with Gasteiger partial charge in [0.2, 0.25) is 0 Å². The van der Waals surface area contributed by atoms with Crippen molar-refractivity contribution in [3.05, 3.63) is 42.1 Å². The van der Waals surface area contributed by atoms with Crippen molar-refractivity contribution in [2.45, 2.75) is 52.0 Å². The Balaban J connectivity index is 1.64. The number of H-pyrrole nitrogens is 1. The van der Waals surface area contributed by atoms with Crippen molar-refractivity contribution in [2.24, 2.45) is 0 Å². The van der Waals surface area contributed by atoms with Crippen molar-refractivity contribution in [1.29, 1.82) is 0 Å². The molecule has 0 aliphatic heterocycles. The van der Waals surface area contributed by atoms with Crippen LogP contribution in [0.3, 0.4) is 0 Å². The van der Waals surface area contributed by atoms with Gasteiger partial charge in [0, 0.05) is 46.6 Å². The first-order chi connectivity index (χ1) is 12.6. The maximum atomic E-state index is 4.86. The summed E-state index contributed by atoms with van der Waals surface area (Å²) in [7, 11) is 0. The number of aromatic nitrogens is 5. The fourth-order valence-corrected chi connectivity index (χ4v) is 4.08. The zero-order valence-corrected chi connectivity index (χ0v) is 15.5. The molecular weight excluding hydrogens is 322 g/mol. The van der Waals surface area contributed by atoms with Gasteiger partial charge in [-0.05, 0) is 51.8 Å². The minimum absolute atomic E-state index is 0.353. The molecule has 0 bridgehead atoms. The summed E-state index contributed by atoms with van der Waals surface area (Å²) in [6.07, 6.45) is 7.83. The van der Waals surface area contributed by atoms with Gasteiger partial charge in [0.15, 0.2) is 5.65 Å². The molecule has 1 saturated carbocycles.